The van der Waals surface area contributed by atoms with E-state index >= 15 is 0 Å². The van der Waals surface area contributed by atoms with E-state index in [0.717, 1.165) is 12.1 Å². The number of amides is 1. The lowest BCUT2D eigenvalue weighted by atomic mass is 10.1. The molecule has 2 rings (SSSR count). The highest BCUT2D eigenvalue weighted by molar-refractivity contribution is 6.31. The van der Waals surface area contributed by atoms with Crippen molar-refractivity contribution in [3.63, 3.8) is 0 Å². The van der Waals surface area contributed by atoms with Crippen LogP contribution in [-0.2, 0) is 9.53 Å². The van der Waals surface area contributed by atoms with Crippen molar-refractivity contribution in [2.24, 2.45) is 0 Å². The van der Waals surface area contributed by atoms with Gasteiger partial charge in [-0.2, -0.15) is 0 Å². The Bertz CT molecular complexity index is 453. The van der Waals surface area contributed by atoms with E-state index in [2.05, 4.69) is 10.6 Å². The molecule has 0 aromatic heterocycles. The summed E-state index contributed by atoms with van der Waals surface area (Å²) in [6.07, 6.45) is 0.823. The topological polar surface area (TPSA) is 50.4 Å². The average Bonchev–Trinajstić information content (AvgIpc) is 2.88. The minimum Gasteiger partial charge on any atom is -0.380 e. The van der Waals surface area contributed by atoms with Crippen molar-refractivity contribution in [3.05, 3.63) is 34.9 Å². The highest BCUT2D eigenvalue weighted by Gasteiger charge is 2.30. The Kier molecular flexibility index (Phi) is 4.80. The molecule has 3 atom stereocenters. The molecule has 2 unspecified atom stereocenters. The molecule has 1 amide bonds. The van der Waals surface area contributed by atoms with Crippen molar-refractivity contribution >= 4 is 17.5 Å². The third-order valence-electron chi connectivity index (χ3n) is 3.47. The van der Waals surface area contributed by atoms with E-state index in [4.69, 9.17) is 16.3 Å². The molecule has 1 saturated heterocycles. The average molecular weight is 283 g/mol. The summed E-state index contributed by atoms with van der Waals surface area (Å²) in [5.41, 5.74) is 0.929. The molecular formula is C14H19ClN2O2. The number of carbonyl (C=O) groups is 1. The molecule has 0 spiro atoms. The summed E-state index contributed by atoms with van der Waals surface area (Å²) in [5.74, 6) is -0.00744. The third kappa shape index (κ3) is 3.47. The number of nitrogens with one attached hydrogen (secondary N) is 2. The van der Waals surface area contributed by atoms with Gasteiger partial charge in [-0.05, 0) is 25.0 Å². The fraction of sp³-hybridized carbons (Fsp3) is 0.500. The van der Waals surface area contributed by atoms with Crippen LogP contribution in [0.4, 0.5) is 0 Å². The predicted octanol–water partition coefficient (Wildman–Crippen LogP) is 1.89. The molecular weight excluding hydrogens is 264 g/mol. The molecule has 0 saturated carbocycles. The maximum Gasteiger partial charge on any atom is 0.237 e. The Hall–Kier alpha value is -1.10. The summed E-state index contributed by atoms with van der Waals surface area (Å²) in [6.45, 7) is 2.65. The third-order valence-corrected chi connectivity index (χ3v) is 3.82. The largest absolute Gasteiger partial charge is 0.380 e. The number of ether oxygens (including phenoxy) is 1. The maximum atomic E-state index is 12.1. The number of rotatable bonds is 4. The zero-order valence-corrected chi connectivity index (χ0v) is 11.9. The van der Waals surface area contributed by atoms with Crippen molar-refractivity contribution in [3.8, 4) is 0 Å². The Morgan fingerprint density at radius 1 is 1.53 bits per heavy atom. The van der Waals surface area contributed by atoms with Gasteiger partial charge in [-0.25, -0.2) is 0 Å². The number of benzene rings is 1. The molecule has 1 aromatic carbocycles. The molecule has 1 aliphatic heterocycles. The highest BCUT2D eigenvalue weighted by Crippen LogP contribution is 2.22. The number of halogens is 1. The van der Waals surface area contributed by atoms with Crippen LogP contribution in [0.15, 0.2) is 24.3 Å². The van der Waals surface area contributed by atoms with Crippen molar-refractivity contribution in [1.29, 1.82) is 0 Å². The highest BCUT2D eigenvalue weighted by atomic mass is 35.5. The van der Waals surface area contributed by atoms with Crippen LogP contribution in [0, 0.1) is 0 Å². The maximum absolute atomic E-state index is 12.1. The molecule has 1 aromatic rings. The number of methoxy groups -OCH3 is 1. The quantitative estimate of drug-likeness (QED) is 0.887. The van der Waals surface area contributed by atoms with Crippen molar-refractivity contribution in [2.75, 3.05) is 13.7 Å². The van der Waals surface area contributed by atoms with Crippen molar-refractivity contribution in [1.82, 2.24) is 10.6 Å². The molecule has 19 heavy (non-hydrogen) atoms. The first-order chi connectivity index (χ1) is 9.11. The summed E-state index contributed by atoms with van der Waals surface area (Å²) >= 11 is 6.12. The fourth-order valence-electron chi connectivity index (χ4n) is 2.30. The monoisotopic (exact) mass is 282 g/mol. The van der Waals surface area contributed by atoms with E-state index in [1.165, 1.54) is 0 Å². The second-order valence-electron chi connectivity index (χ2n) is 4.81. The van der Waals surface area contributed by atoms with E-state index in [1.54, 1.807) is 7.11 Å². The smallest absolute Gasteiger partial charge is 0.237 e. The number of hydrogen-bond acceptors (Lipinski definition) is 3. The summed E-state index contributed by atoms with van der Waals surface area (Å²) < 4.78 is 5.24. The van der Waals surface area contributed by atoms with Crippen molar-refractivity contribution < 1.29 is 9.53 Å². The Morgan fingerprint density at radius 2 is 2.26 bits per heavy atom. The first-order valence-corrected chi connectivity index (χ1v) is 6.80. The summed E-state index contributed by atoms with van der Waals surface area (Å²) in [5, 5.41) is 6.81. The van der Waals surface area contributed by atoms with Gasteiger partial charge in [0.1, 0.15) is 0 Å². The zero-order chi connectivity index (χ0) is 13.8. The van der Waals surface area contributed by atoms with Crippen LogP contribution in [0.1, 0.15) is 24.9 Å². The summed E-state index contributed by atoms with van der Waals surface area (Å²) in [6, 6.07) is 7.25. The molecule has 104 valence electrons. The minimum absolute atomic E-state index is 0.00744. The van der Waals surface area contributed by atoms with Crippen LogP contribution < -0.4 is 10.6 Å². The normalized spacial score (nSPS) is 24.2. The molecule has 2 N–H and O–H groups in total. The second kappa shape index (κ2) is 6.37. The second-order valence-corrected chi connectivity index (χ2v) is 5.21. The predicted molar refractivity (Wildman–Crippen MR) is 75.2 cm³/mol. The van der Waals surface area contributed by atoms with Gasteiger partial charge in [0.2, 0.25) is 5.91 Å². The van der Waals surface area contributed by atoms with Crippen LogP contribution >= 0.6 is 11.6 Å². The SMILES string of the molecule is COC1CNC(C(=O)N[C@H](C)c2ccccc2Cl)C1. The van der Waals surface area contributed by atoms with Crippen LogP contribution in [0.2, 0.25) is 5.02 Å². The molecule has 5 heteroatoms. The van der Waals surface area contributed by atoms with Gasteiger partial charge in [0.15, 0.2) is 0 Å². The fourth-order valence-corrected chi connectivity index (χ4v) is 2.60. The van der Waals surface area contributed by atoms with E-state index in [0.29, 0.717) is 11.4 Å². The molecule has 0 bridgehead atoms. The molecule has 1 fully saturated rings. The van der Waals surface area contributed by atoms with E-state index in [1.807, 2.05) is 31.2 Å². The molecule has 1 heterocycles. The Morgan fingerprint density at radius 3 is 2.89 bits per heavy atom. The first-order valence-electron chi connectivity index (χ1n) is 6.42. The van der Waals surface area contributed by atoms with Gasteiger partial charge in [0.05, 0.1) is 18.2 Å². The van der Waals surface area contributed by atoms with Crippen LogP contribution in [0.3, 0.4) is 0 Å². The number of carbonyl (C=O) groups excluding carboxylic acids is 1. The lowest BCUT2D eigenvalue weighted by Gasteiger charge is -2.18. The van der Waals surface area contributed by atoms with E-state index < -0.39 is 0 Å². The Balaban J connectivity index is 1.94. The molecule has 0 aliphatic carbocycles. The molecule has 0 radical (unpaired) electrons. The van der Waals surface area contributed by atoms with Crippen LogP contribution in [0.5, 0.6) is 0 Å². The lowest BCUT2D eigenvalue weighted by Crippen LogP contribution is -2.41. The van der Waals surface area contributed by atoms with Crippen LogP contribution in [0.25, 0.3) is 0 Å². The van der Waals surface area contributed by atoms with Gasteiger partial charge in [-0.3, -0.25) is 4.79 Å². The molecule has 4 nitrogen and oxygen atoms in total. The minimum atomic E-state index is -0.185. The molecule has 1 aliphatic rings. The van der Waals surface area contributed by atoms with Crippen molar-refractivity contribution in [2.45, 2.75) is 31.5 Å². The summed E-state index contributed by atoms with van der Waals surface area (Å²) in [7, 11) is 1.67. The standard InChI is InChI=1S/C14H19ClN2O2/c1-9(11-5-3-4-6-12(11)15)17-14(18)13-7-10(19-2)8-16-13/h3-6,9-10,13,16H,7-8H2,1-2H3,(H,17,18)/t9-,10?,13?/m1/s1. The van der Waals surface area contributed by atoms with Gasteiger partial charge in [-0.15, -0.1) is 0 Å². The number of hydrogen-bond donors (Lipinski definition) is 2. The first kappa shape index (κ1) is 14.3. The van der Waals surface area contributed by atoms with Gasteiger partial charge in [0.25, 0.3) is 0 Å². The van der Waals surface area contributed by atoms with Crippen LogP contribution in [-0.4, -0.2) is 31.7 Å². The van der Waals surface area contributed by atoms with Gasteiger partial charge < -0.3 is 15.4 Å². The lowest BCUT2D eigenvalue weighted by molar-refractivity contribution is -0.123. The van der Waals surface area contributed by atoms with E-state index in [-0.39, 0.29) is 24.1 Å². The van der Waals surface area contributed by atoms with E-state index in [9.17, 15) is 4.79 Å². The summed E-state index contributed by atoms with van der Waals surface area (Å²) in [4.78, 5) is 12.1. The van der Waals surface area contributed by atoms with Gasteiger partial charge in [0, 0.05) is 18.7 Å². The van der Waals surface area contributed by atoms with Gasteiger partial charge in [-0.1, -0.05) is 29.8 Å². The Labute approximate surface area is 118 Å². The zero-order valence-electron chi connectivity index (χ0n) is 11.2. The van der Waals surface area contributed by atoms with Gasteiger partial charge >= 0.3 is 0 Å².